The molecular formula is C15H25NO2S. The van der Waals surface area contributed by atoms with Crippen LogP contribution in [0.25, 0.3) is 0 Å². The van der Waals surface area contributed by atoms with E-state index in [0.29, 0.717) is 11.8 Å². The molecule has 0 aromatic carbocycles. The van der Waals surface area contributed by atoms with Crippen molar-refractivity contribution in [3.8, 4) is 0 Å². The van der Waals surface area contributed by atoms with Crippen molar-refractivity contribution in [3.63, 3.8) is 0 Å². The van der Waals surface area contributed by atoms with Crippen LogP contribution in [0.1, 0.15) is 50.2 Å². The zero-order valence-corrected chi connectivity index (χ0v) is 13.2. The van der Waals surface area contributed by atoms with Crippen molar-refractivity contribution in [1.29, 1.82) is 0 Å². The molecule has 1 atom stereocenters. The Morgan fingerprint density at radius 1 is 1.37 bits per heavy atom. The highest BCUT2D eigenvalue weighted by atomic mass is 32.1. The number of aliphatic hydroxyl groups is 1. The van der Waals surface area contributed by atoms with E-state index in [4.69, 9.17) is 4.74 Å². The molecule has 19 heavy (non-hydrogen) atoms. The van der Waals surface area contributed by atoms with Gasteiger partial charge in [0.15, 0.2) is 0 Å². The summed E-state index contributed by atoms with van der Waals surface area (Å²) in [4.78, 5) is 4.44. The summed E-state index contributed by atoms with van der Waals surface area (Å²) < 4.78 is 5.74. The topological polar surface area (TPSA) is 42.4 Å². The average molecular weight is 283 g/mol. The first kappa shape index (κ1) is 14.9. The van der Waals surface area contributed by atoms with Gasteiger partial charge in [0.05, 0.1) is 22.4 Å². The quantitative estimate of drug-likeness (QED) is 0.921. The lowest BCUT2D eigenvalue weighted by Crippen LogP contribution is -2.49. The molecule has 0 amide bonds. The van der Waals surface area contributed by atoms with Crippen LogP contribution in [0, 0.1) is 12.3 Å². The molecule has 1 aromatic heterocycles. The van der Waals surface area contributed by atoms with Gasteiger partial charge in [-0.1, -0.05) is 13.8 Å². The molecule has 1 heterocycles. The van der Waals surface area contributed by atoms with Crippen LogP contribution in [0.4, 0.5) is 0 Å². The van der Waals surface area contributed by atoms with Crippen molar-refractivity contribution in [1.82, 2.24) is 4.98 Å². The van der Waals surface area contributed by atoms with Gasteiger partial charge in [0.1, 0.15) is 0 Å². The van der Waals surface area contributed by atoms with E-state index < -0.39 is 6.10 Å². The number of aromatic nitrogens is 1. The first-order valence-corrected chi connectivity index (χ1v) is 7.89. The highest BCUT2D eigenvalue weighted by Gasteiger charge is 2.43. The number of hydrogen-bond donors (Lipinski definition) is 1. The van der Waals surface area contributed by atoms with E-state index in [1.165, 1.54) is 0 Å². The van der Waals surface area contributed by atoms with Gasteiger partial charge < -0.3 is 9.84 Å². The third-order valence-corrected chi connectivity index (χ3v) is 5.36. The van der Waals surface area contributed by atoms with Crippen molar-refractivity contribution in [2.24, 2.45) is 5.41 Å². The smallest absolute Gasteiger partial charge is 0.0940 e. The van der Waals surface area contributed by atoms with Crippen LogP contribution >= 0.6 is 11.3 Å². The van der Waals surface area contributed by atoms with Crippen LogP contribution in [-0.4, -0.2) is 28.9 Å². The summed E-state index contributed by atoms with van der Waals surface area (Å²) in [7, 11) is 1.73. The SMILES string of the molecule is COC1(C(O)Cc2csc(C)n2)CCC(C)(C)CC1. The van der Waals surface area contributed by atoms with Crippen molar-refractivity contribution >= 4 is 11.3 Å². The molecule has 4 heteroatoms. The number of thiazole rings is 1. The average Bonchev–Trinajstić information content (AvgIpc) is 2.75. The van der Waals surface area contributed by atoms with Gasteiger partial charge in [-0.2, -0.15) is 0 Å². The Labute approximate surface area is 120 Å². The van der Waals surface area contributed by atoms with E-state index in [1.807, 2.05) is 12.3 Å². The summed E-state index contributed by atoms with van der Waals surface area (Å²) in [5, 5.41) is 13.7. The van der Waals surface area contributed by atoms with Gasteiger partial charge in [0, 0.05) is 18.9 Å². The second kappa shape index (κ2) is 5.51. The number of hydrogen-bond acceptors (Lipinski definition) is 4. The summed E-state index contributed by atoms with van der Waals surface area (Å²) in [5.74, 6) is 0. The van der Waals surface area contributed by atoms with Crippen molar-refractivity contribution in [3.05, 3.63) is 16.1 Å². The molecular weight excluding hydrogens is 258 g/mol. The second-order valence-corrected chi connectivity index (χ2v) is 7.57. The summed E-state index contributed by atoms with van der Waals surface area (Å²) in [5.41, 5.74) is 0.975. The minimum Gasteiger partial charge on any atom is -0.390 e. The molecule has 3 nitrogen and oxygen atoms in total. The van der Waals surface area contributed by atoms with E-state index in [1.54, 1.807) is 18.4 Å². The predicted octanol–water partition coefficient (Wildman–Crippen LogP) is 3.34. The van der Waals surface area contributed by atoms with E-state index in [-0.39, 0.29) is 5.60 Å². The molecule has 1 aliphatic rings. The van der Waals surface area contributed by atoms with E-state index in [2.05, 4.69) is 18.8 Å². The van der Waals surface area contributed by atoms with Crippen LogP contribution in [0.15, 0.2) is 5.38 Å². The maximum atomic E-state index is 10.6. The van der Waals surface area contributed by atoms with Gasteiger partial charge in [-0.25, -0.2) is 4.98 Å². The molecule has 108 valence electrons. The Morgan fingerprint density at radius 3 is 2.47 bits per heavy atom. The van der Waals surface area contributed by atoms with E-state index >= 15 is 0 Å². The minimum absolute atomic E-state index is 0.374. The second-order valence-electron chi connectivity index (χ2n) is 6.51. The van der Waals surface area contributed by atoms with Crippen molar-refractivity contribution < 1.29 is 9.84 Å². The largest absolute Gasteiger partial charge is 0.390 e. The molecule has 1 saturated carbocycles. The third kappa shape index (κ3) is 3.36. The fourth-order valence-electron chi connectivity index (χ4n) is 2.91. The summed E-state index contributed by atoms with van der Waals surface area (Å²) >= 11 is 1.64. The van der Waals surface area contributed by atoms with Crippen LogP contribution in [0.2, 0.25) is 0 Å². The number of rotatable bonds is 4. The van der Waals surface area contributed by atoms with Gasteiger partial charge in [-0.05, 0) is 38.0 Å². The Morgan fingerprint density at radius 2 is 2.00 bits per heavy atom. The molecule has 0 spiro atoms. The first-order chi connectivity index (χ1) is 8.87. The third-order valence-electron chi connectivity index (χ3n) is 4.53. The molecule has 2 rings (SSSR count). The standard InChI is InChI=1S/C15H25NO2S/c1-11-16-12(10-19-11)9-13(17)15(18-4)7-5-14(2,3)6-8-15/h10,13,17H,5-9H2,1-4H3. The Kier molecular flexibility index (Phi) is 4.33. The molecule has 0 radical (unpaired) electrons. The van der Waals surface area contributed by atoms with Crippen LogP contribution in [-0.2, 0) is 11.2 Å². The number of nitrogens with zero attached hydrogens (tertiary/aromatic N) is 1. The summed E-state index contributed by atoms with van der Waals surface area (Å²) in [6, 6.07) is 0. The normalized spacial score (nSPS) is 23.2. The molecule has 0 bridgehead atoms. The zero-order chi connectivity index (χ0) is 14.1. The maximum absolute atomic E-state index is 10.6. The zero-order valence-electron chi connectivity index (χ0n) is 12.4. The Balaban J connectivity index is 2.05. The van der Waals surface area contributed by atoms with Gasteiger partial charge in [0.25, 0.3) is 0 Å². The molecule has 1 aromatic rings. The van der Waals surface area contributed by atoms with E-state index in [9.17, 15) is 5.11 Å². The highest BCUT2D eigenvalue weighted by Crippen LogP contribution is 2.43. The fourth-order valence-corrected chi connectivity index (χ4v) is 3.53. The lowest BCUT2D eigenvalue weighted by atomic mass is 9.68. The molecule has 1 fully saturated rings. The first-order valence-electron chi connectivity index (χ1n) is 7.01. The summed E-state index contributed by atoms with van der Waals surface area (Å²) in [6.45, 7) is 6.58. The maximum Gasteiger partial charge on any atom is 0.0940 e. The molecule has 0 saturated heterocycles. The van der Waals surface area contributed by atoms with Crippen molar-refractivity contribution in [2.45, 2.75) is 64.6 Å². The number of ether oxygens (including phenoxy) is 1. The molecule has 1 unspecified atom stereocenters. The number of aliphatic hydroxyl groups excluding tert-OH is 1. The fraction of sp³-hybridized carbons (Fsp3) is 0.800. The van der Waals surface area contributed by atoms with Crippen LogP contribution in [0.3, 0.4) is 0 Å². The Hall–Kier alpha value is -0.450. The molecule has 0 aliphatic heterocycles. The van der Waals surface area contributed by atoms with Crippen LogP contribution < -0.4 is 0 Å². The Bertz CT molecular complexity index is 418. The lowest BCUT2D eigenvalue weighted by molar-refractivity contribution is -0.135. The molecule has 1 aliphatic carbocycles. The van der Waals surface area contributed by atoms with Gasteiger partial charge >= 0.3 is 0 Å². The minimum atomic E-state index is -0.463. The predicted molar refractivity (Wildman–Crippen MR) is 78.6 cm³/mol. The van der Waals surface area contributed by atoms with E-state index in [0.717, 1.165) is 36.4 Å². The van der Waals surface area contributed by atoms with Crippen LogP contribution in [0.5, 0.6) is 0 Å². The monoisotopic (exact) mass is 283 g/mol. The molecule has 1 N–H and O–H groups in total. The number of methoxy groups -OCH3 is 1. The van der Waals surface area contributed by atoms with Crippen molar-refractivity contribution in [2.75, 3.05) is 7.11 Å². The highest BCUT2D eigenvalue weighted by molar-refractivity contribution is 7.09. The van der Waals surface area contributed by atoms with Gasteiger partial charge in [0.2, 0.25) is 0 Å². The lowest BCUT2D eigenvalue weighted by Gasteiger charge is -2.45. The summed E-state index contributed by atoms with van der Waals surface area (Å²) in [6.07, 6.45) is 4.21. The van der Waals surface area contributed by atoms with Gasteiger partial charge in [-0.15, -0.1) is 11.3 Å². The van der Waals surface area contributed by atoms with Gasteiger partial charge in [-0.3, -0.25) is 0 Å². The number of aryl methyl sites for hydroxylation is 1.